The van der Waals surface area contributed by atoms with Gasteiger partial charge in [0.2, 0.25) is 0 Å². The van der Waals surface area contributed by atoms with E-state index in [4.69, 9.17) is 17.3 Å². The highest BCUT2D eigenvalue weighted by molar-refractivity contribution is 6.30. The van der Waals surface area contributed by atoms with Crippen LogP contribution in [0.4, 0.5) is 4.39 Å². The summed E-state index contributed by atoms with van der Waals surface area (Å²) in [5, 5.41) is 3.76. The van der Waals surface area contributed by atoms with Gasteiger partial charge in [-0.1, -0.05) is 18.0 Å². The molecule has 3 N–H and O–H groups in total. The molecule has 4 heteroatoms. The second-order valence-corrected chi connectivity index (χ2v) is 5.24. The molecule has 2 nitrogen and oxygen atoms in total. The number of hydrogen-bond donors (Lipinski definition) is 2. The summed E-state index contributed by atoms with van der Waals surface area (Å²) in [5.74, 6) is -0.214. The Morgan fingerprint density at radius 3 is 2.71 bits per heavy atom. The van der Waals surface area contributed by atoms with Crippen LogP contribution >= 0.6 is 11.6 Å². The van der Waals surface area contributed by atoms with Crippen LogP contribution in [0.25, 0.3) is 0 Å². The third-order valence-electron chi connectivity index (χ3n) is 3.93. The van der Waals surface area contributed by atoms with Crippen LogP contribution in [-0.4, -0.2) is 13.6 Å². The first-order chi connectivity index (χ1) is 8.13. The molecule has 17 heavy (non-hydrogen) atoms. The largest absolute Gasteiger partial charge is 0.330 e. The molecule has 0 saturated heterocycles. The molecule has 1 aliphatic carbocycles. The number of nitrogens with one attached hydrogen (secondary N) is 1. The Bertz CT molecular complexity index is 399. The topological polar surface area (TPSA) is 38.0 Å². The van der Waals surface area contributed by atoms with Crippen LogP contribution in [-0.2, 0) is 0 Å². The predicted octanol–water partition coefficient (Wildman–Crippen LogP) is 2.87. The smallest absolute Gasteiger partial charge is 0.128 e. The summed E-state index contributed by atoms with van der Waals surface area (Å²) in [6.45, 7) is 0.574. The van der Waals surface area contributed by atoms with Crippen molar-refractivity contribution >= 4 is 11.6 Å². The Morgan fingerprint density at radius 1 is 1.53 bits per heavy atom. The second kappa shape index (κ2) is 4.92. The molecule has 0 heterocycles. The monoisotopic (exact) mass is 256 g/mol. The van der Waals surface area contributed by atoms with Gasteiger partial charge in [-0.3, -0.25) is 0 Å². The fourth-order valence-corrected chi connectivity index (χ4v) is 2.95. The van der Waals surface area contributed by atoms with Gasteiger partial charge in [-0.2, -0.15) is 0 Å². The summed E-state index contributed by atoms with van der Waals surface area (Å²) in [5.41, 5.74) is 6.49. The van der Waals surface area contributed by atoms with Crippen molar-refractivity contribution in [2.45, 2.75) is 25.3 Å². The zero-order valence-electron chi connectivity index (χ0n) is 9.97. The minimum Gasteiger partial charge on any atom is -0.330 e. The number of rotatable bonds is 4. The quantitative estimate of drug-likeness (QED) is 0.869. The van der Waals surface area contributed by atoms with E-state index in [9.17, 15) is 4.39 Å². The van der Waals surface area contributed by atoms with Crippen molar-refractivity contribution < 1.29 is 4.39 Å². The highest BCUT2D eigenvalue weighted by Gasteiger charge is 2.43. The van der Waals surface area contributed by atoms with Gasteiger partial charge in [0.25, 0.3) is 0 Å². The SMILES string of the molecule is CNC(c1cc(Cl)ccc1F)C1(CN)CCC1. The summed E-state index contributed by atoms with van der Waals surface area (Å²) in [6.07, 6.45) is 3.25. The standard InChI is InChI=1S/C13H18ClFN2/c1-17-12(13(8-16)5-2-6-13)10-7-9(14)3-4-11(10)15/h3-4,7,12,17H,2,5-6,8,16H2,1H3. The van der Waals surface area contributed by atoms with Crippen molar-refractivity contribution in [3.63, 3.8) is 0 Å². The Hall–Kier alpha value is -0.640. The zero-order chi connectivity index (χ0) is 12.5. The number of hydrogen-bond acceptors (Lipinski definition) is 2. The molecule has 0 aromatic heterocycles. The van der Waals surface area contributed by atoms with Gasteiger partial charge < -0.3 is 11.1 Å². The Kier molecular flexibility index (Phi) is 3.71. The first-order valence-electron chi connectivity index (χ1n) is 5.95. The molecule has 94 valence electrons. The Morgan fingerprint density at radius 2 is 2.24 bits per heavy atom. The van der Waals surface area contributed by atoms with Crippen LogP contribution in [0.2, 0.25) is 5.02 Å². The van der Waals surface area contributed by atoms with E-state index in [1.807, 2.05) is 7.05 Å². The van der Waals surface area contributed by atoms with E-state index in [1.54, 1.807) is 12.1 Å². The van der Waals surface area contributed by atoms with Crippen LogP contribution in [0.5, 0.6) is 0 Å². The lowest BCUT2D eigenvalue weighted by Gasteiger charge is -2.47. The van der Waals surface area contributed by atoms with Crippen molar-refractivity contribution in [1.29, 1.82) is 0 Å². The van der Waals surface area contributed by atoms with Gasteiger partial charge in [0.1, 0.15) is 5.82 Å². The van der Waals surface area contributed by atoms with Gasteiger partial charge in [-0.15, -0.1) is 0 Å². The van der Waals surface area contributed by atoms with Crippen molar-refractivity contribution in [2.24, 2.45) is 11.1 Å². The van der Waals surface area contributed by atoms with E-state index >= 15 is 0 Å². The number of nitrogens with two attached hydrogens (primary N) is 1. The fourth-order valence-electron chi connectivity index (χ4n) is 2.77. The molecule has 1 aromatic rings. The van der Waals surface area contributed by atoms with E-state index in [0.717, 1.165) is 19.3 Å². The summed E-state index contributed by atoms with van der Waals surface area (Å²) >= 11 is 5.95. The van der Waals surface area contributed by atoms with Gasteiger partial charge in [-0.05, 0) is 44.6 Å². The van der Waals surface area contributed by atoms with Crippen molar-refractivity contribution in [1.82, 2.24) is 5.32 Å². The zero-order valence-corrected chi connectivity index (χ0v) is 10.7. The molecule has 2 rings (SSSR count). The highest BCUT2D eigenvalue weighted by Crippen LogP contribution is 2.49. The normalized spacial score (nSPS) is 19.8. The van der Waals surface area contributed by atoms with Gasteiger partial charge >= 0.3 is 0 Å². The molecule has 0 amide bonds. The van der Waals surface area contributed by atoms with Gasteiger partial charge in [0, 0.05) is 22.0 Å². The minimum atomic E-state index is -0.214. The summed E-state index contributed by atoms with van der Waals surface area (Å²) in [7, 11) is 1.85. The van der Waals surface area contributed by atoms with Crippen LogP contribution in [0.15, 0.2) is 18.2 Å². The molecule has 0 bridgehead atoms. The average molecular weight is 257 g/mol. The third-order valence-corrected chi connectivity index (χ3v) is 4.16. The predicted molar refractivity (Wildman–Crippen MR) is 68.5 cm³/mol. The fraction of sp³-hybridized carbons (Fsp3) is 0.538. The molecule has 0 aliphatic heterocycles. The lowest BCUT2D eigenvalue weighted by molar-refractivity contribution is 0.0860. The molecule has 0 spiro atoms. The van der Waals surface area contributed by atoms with Crippen molar-refractivity contribution in [2.75, 3.05) is 13.6 Å². The highest BCUT2D eigenvalue weighted by atomic mass is 35.5. The summed E-state index contributed by atoms with van der Waals surface area (Å²) < 4.78 is 13.9. The molecule has 1 saturated carbocycles. The minimum absolute atomic E-state index is 0.0136. The van der Waals surface area contributed by atoms with E-state index < -0.39 is 0 Å². The molecule has 1 atom stereocenters. The third kappa shape index (κ3) is 2.19. The van der Waals surface area contributed by atoms with E-state index in [1.165, 1.54) is 6.07 Å². The van der Waals surface area contributed by atoms with E-state index in [0.29, 0.717) is 17.1 Å². The van der Waals surface area contributed by atoms with E-state index in [-0.39, 0.29) is 17.3 Å². The number of halogens is 2. The molecule has 1 unspecified atom stereocenters. The average Bonchev–Trinajstić information content (AvgIpc) is 2.27. The maximum Gasteiger partial charge on any atom is 0.128 e. The van der Waals surface area contributed by atoms with Gasteiger partial charge in [0.05, 0.1) is 0 Å². The number of benzene rings is 1. The van der Waals surface area contributed by atoms with Crippen molar-refractivity contribution in [3.05, 3.63) is 34.6 Å². The van der Waals surface area contributed by atoms with Crippen LogP contribution in [0, 0.1) is 11.2 Å². The molecule has 1 aromatic carbocycles. The Balaban J connectivity index is 2.37. The van der Waals surface area contributed by atoms with Gasteiger partial charge in [0.15, 0.2) is 0 Å². The summed E-state index contributed by atoms with van der Waals surface area (Å²) in [4.78, 5) is 0. The molecular formula is C13H18ClFN2. The summed E-state index contributed by atoms with van der Waals surface area (Å²) in [6, 6.07) is 4.64. The molecular weight excluding hydrogens is 239 g/mol. The second-order valence-electron chi connectivity index (χ2n) is 4.81. The first-order valence-corrected chi connectivity index (χ1v) is 6.33. The lowest BCUT2D eigenvalue weighted by Crippen LogP contribution is -2.47. The maximum atomic E-state index is 13.9. The molecule has 1 fully saturated rings. The van der Waals surface area contributed by atoms with Crippen LogP contribution in [0.1, 0.15) is 30.9 Å². The van der Waals surface area contributed by atoms with E-state index in [2.05, 4.69) is 5.32 Å². The van der Waals surface area contributed by atoms with Crippen molar-refractivity contribution in [3.8, 4) is 0 Å². The van der Waals surface area contributed by atoms with Gasteiger partial charge in [-0.25, -0.2) is 4.39 Å². The molecule has 1 aliphatic rings. The van der Waals surface area contributed by atoms with Crippen LogP contribution < -0.4 is 11.1 Å². The Labute approximate surface area is 106 Å². The van der Waals surface area contributed by atoms with Crippen LogP contribution in [0.3, 0.4) is 0 Å². The molecule has 0 radical (unpaired) electrons. The lowest BCUT2D eigenvalue weighted by atomic mass is 9.62. The first kappa shape index (κ1) is 12.8. The maximum absolute atomic E-state index is 13.9.